The summed E-state index contributed by atoms with van der Waals surface area (Å²) < 4.78 is 10.2. The molecule has 106 valence electrons. The summed E-state index contributed by atoms with van der Waals surface area (Å²) in [5.74, 6) is 1.50. The number of nitrogens with one attached hydrogen (secondary N) is 1. The fourth-order valence-corrected chi connectivity index (χ4v) is 1.92. The number of hydrogen-bond acceptors (Lipinski definition) is 5. The topological polar surface area (TPSA) is 63.6 Å². The van der Waals surface area contributed by atoms with Crippen molar-refractivity contribution in [3.05, 3.63) is 42.1 Å². The Bertz CT molecular complexity index is 570. The minimum Gasteiger partial charge on any atom is -0.508 e. The van der Waals surface area contributed by atoms with Gasteiger partial charge in [-0.25, -0.2) is 4.98 Å². The summed E-state index contributed by atoms with van der Waals surface area (Å²) in [7, 11) is 3.17. The molecule has 0 bridgehead atoms. The number of aromatic nitrogens is 1. The van der Waals surface area contributed by atoms with Crippen LogP contribution in [0.1, 0.15) is 18.5 Å². The van der Waals surface area contributed by atoms with Gasteiger partial charge in [0.05, 0.1) is 32.1 Å². The highest BCUT2D eigenvalue weighted by Gasteiger charge is 2.11. The highest BCUT2D eigenvalue weighted by Crippen LogP contribution is 2.30. The van der Waals surface area contributed by atoms with Crippen LogP contribution >= 0.6 is 0 Å². The third-order valence-electron chi connectivity index (χ3n) is 3.03. The molecule has 0 aliphatic rings. The zero-order valence-electron chi connectivity index (χ0n) is 11.8. The van der Waals surface area contributed by atoms with E-state index in [1.807, 2.05) is 19.1 Å². The Morgan fingerprint density at radius 2 is 1.95 bits per heavy atom. The Balaban J connectivity index is 2.16. The number of methoxy groups -OCH3 is 2. The molecule has 0 radical (unpaired) electrons. The molecule has 0 aliphatic heterocycles. The van der Waals surface area contributed by atoms with Crippen LogP contribution < -0.4 is 14.8 Å². The Kier molecular flexibility index (Phi) is 4.30. The second kappa shape index (κ2) is 6.14. The van der Waals surface area contributed by atoms with Gasteiger partial charge in [-0.1, -0.05) is 0 Å². The molecule has 0 saturated heterocycles. The average Bonchev–Trinajstić information content (AvgIpc) is 2.48. The number of aromatic hydroxyl groups is 1. The van der Waals surface area contributed by atoms with Crippen molar-refractivity contribution >= 4 is 5.69 Å². The number of ether oxygens (including phenoxy) is 2. The van der Waals surface area contributed by atoms with E-state index in [4.69, 9.17) is 9.47 Å². The van der Waals surface area contributed by atoms with Gasteiger partial charge in [0.15, 0.2) is 0 Å². The summed E-state index contributed by atoms with van der Waals surface area (Å²) in [5.41, 5.74) is 1.61. The first-order valence-electron chi connectivity index (χ1n) is 6.27. The summed E-state index contributed by atoms with van der Waals surface area (Å²) >= 11 is 0. The molecule has 5 nitrogen and oxygen atoms in total. The second-order valence-corrected chi connectivity index (χ2v) is 4.38. The molecule has 0 saturated carbocycles. The molecule has 0 fully saturated rings. The van der Waals surface area contributed by atoms with Crippen molar-refractivity contribution < 1.29 is 14.6 Å². The van der Waals surface area contributed by atoms with Crippen LogP contribution in [0.15, 0.2) is 36.5 Å². The van der Waals surface area contributed by atoms with E-state index < -0.39 is 0 Å². The van der Waals surface area contributed by atoms with E-state index >= 15 is 0 Å². The van der Waals surface area contributed by atoms with Gasteiger partial charge in [0.2, 0.25) is 5.88 Å². The first-order chi connectivity index (χ1) is 9.63. The second-order valence-electron chi connectivity index (χ2n) is 4.38. The number of anilines is 1. The number of hydrogen-bond donors (Lipinski definition) is 2. The monoisotopic (exact) mass is 274 g/mol. The van der Waals surface area contributed by atoms with Crippen molar-refractivity contribution in [2.75, 3.05) is 19.5 Å². The third-order valence-corrected chi connectivity index (χ3v) is 3.03. The number of phenolic OH excluding ortho intramolecular Hbond substituents is 1. The summed E-state index contributed by atoms with van der Waals surface area (Å²) in [6.45, 7) is 1.96. The molecule has 1 aromatic carbocycles. The van der Waals surface area contributed by atoms with E-state index in [-0.39, 0.29) is 11.8 Å². The molecule has 2 rings (SSSR count). The van der Waals surface area contributed by atoms with Crippen LogP contribution in [0.25, 0.3) is 0 Å². The third kappa shape index (κ3) is 3.12. The van der Waals surface area contributed by atoms with Crippen LogP contribution in [-0.2, 0) is 0 Å². The van der Waals surface area contributed by atoms with E-state index in [0.29, 0.717) is 11.6 Å². The maximum absolute atomic E-state index is 9.93. The van der Waals surface area contributed by atoms with Crippen LogP contribution in [0.3, 0.4) is 0 Å². The van der Waals surface area contributed by atoms with Crippen LogP contribution in [0.4, 0.5) is 5.69 Å². The van der Waals surface area contributed by atoms with Crippen molar-refractivity contribution in [2.24, 2.45) is 0 Å². The van der Waals surface area contributed by atoms with Crippen LogP contribution in [-0.4, -0.2) is 24.3 Å². The van der Waals surface area contributed by atoms with Gasteiger partial charge < -0.3 is 19.9 Å². The molecule has 5 heteroatoms. The van der Waals surface area contributed by atoms with Gasteiger partial charge in [0.1, 0.15) is 11.5 Å². The average molecular weight is 274 g/mol. The lowest BCUT2D eigenvalue weighted by Crippen LogP contribution is -2.07. The quantitative estimate of drug-likeness (QED) is 0.877. The van der Waals surface area contributed by atoms with Crippen LogP contribution in [0.2, 0.25) is 0 Å². The van der Waals surface area contributed by atoms with Crippen molar-refractivity contribution in [1.82, 2.24) is 4.98 Å². The molecule has 2 aromatic rings. The maximum Gasteiger partial charge on any atom is 0.213 e. The number of phenols is 1. The first-order valence-corrected chi connectivity index (χ1v) is 6.27. The van der Waals surface area contributed by atoms with Gasteiger partial charge in [0.25, 0.3) is 0 Å². The summed E-state index contributed by atoms with van der Waals surface area (Å²) in [4.78, 5) is 4.13. The molecule has 0 spiro atoms. The molecule has 2 N–H and O–H groups in total. The van der Waals surface area contributed by atoms with Crippen molar-refractivity contribution in [3.8, 4) is 17.4 Å². The van der Waals surface area contributed by atoms with E-state index in [9.17, 15) is 5.11 Å². The van der Waals surface area contributed by atoms with Crippen LogP contribution in [0, 0.1) is 0 Å². The van der Waals surface area contributed by atoms with Gasteiger partial charge in [-0.05, 0) is 31.2 Å². The fourth-order valence-electron chi connectivity index (χ4n) is 1.92. The lowest BCUT2D eigenvalue weighted by molar-refractivity contribution is 0.398. The Morgan fingerprint density at radius 3 is 2.55 bits per heavy atom. The van der Waals surface area contributed by atoms with Crippen molar-refractivity contribution in [2.45, 2.75) is 13.0 Å². The van der Waals surface area contributed by atoms with E-state index in [1.165, 1.54) is 0 Å². The lowest BCUT2D eigenvalue weighted by Gasteiger charge is -2.17. The Morgan fingerprint density at radius 1 is 1.15 bits per heavy atom. The molecule has 20 heavy (non-hydrogen) atoms. The smallest absolute Gasteiger partial charge is 0.213 e. The number of benzene rings is 1. The molecule has 1 unspecified atom stereocenters. The largest absolute Gasteiger partial charge is 0.508 e. The number of pyridine rings is 1. The Hall–Kier alpha value is -2.43. The number of nitrogens with zero attached hydrogens (tertiary/aromatic N) is 1. The molecule has 1 heterocycles. The minimum atomic E-state index is -0.0831. The number of rotatable bonds is 5. The predicted octanol–water partition coefficient (Wildman–Crippen LogP) is 2.98. The summed E-state index contributed by atoms with van der Waals surface area (Å²) in [6.07, 6.45) is 1.69. The van der Waals surface area contributed by atoms with Gasteiger partial charge in [-0.15, -0.1) is 0 Å². The van der Waals surface area contributed by atoms with E-state index in [0.717, 1.165) is 11.3 Å². The highest BCUT2D eigenvalue weighted by atomic mass is 16.5. The SMILES string of the molecule is COc1ccc(O)c(C(C)Nc2ccc(OC)nc2)c1. The predicted molar refractivity (Wildman–Crippen MR) is 77.5 cm³/mol. The Labute approximate surface area is 118 Å². The molecule has 1 atom stereocenters. The van der Waals surface area contributed by atoms with E-state index in [1.54, 1.807) is 38.6 Å². The molecule has 0 aliphatic carbocycles. The maximum atomic E-state index is 9.93. The normalized spacial score (nSPS) is 11.8. The molecular formula is C15H18N2O3. The summed E-state index contributed by atoms with van der Waals surface area (Å²) in [6, 6.07) is 8.73. The molecule has 0 amide bonds. The zero-order chi connectivity index (χ0) is 14.5. The van der Waals surface area contributed by atoms with Crippen LogP contribution in [0.5, 0.6) is 17.4 Å². The lowest BCUT2D eigenvalue weighted by atomic mass is 10.1. The minimum absolute atomic E-state index is 0.0831. The zero-order valence-corrected chi connectivity index (χ0v) is 11.8. The van der Waals surface area contributed by atoms with Gasteiger partial charge in [-0.3, -0.25) is 0 Å². The fraction of sp³-hybridized carbons (Fsp3) is 0.267. The van der Waals surface area contributed by atoms with Crippen molar-refractivity contribution in [3.63, 3.8) is 0 Å². The van der Waals surface area contributed by atoms with E-state index in [2.05, 4.69) is 10.3 Å². The molecular weight excluding hydrogens is 256 g/mol. The van der Waals surface area contributed by atoms with Gasteiger partial charge in [0, 0.05) is 11.6 Å². The van der Waals surface area contributed by atoms with Gasteiger partial charge >= 0.3 is 0 Å². The van der Waals surface area contributed by atoms with Gasteiger partial charge in [-0.2, -0.15) is 0 Å². The summed E-state index contributed by atoms with van der Waals surface area (Å²) in [5, 5.41) is 13.2. The van der Waals surface area contributed by atoms with Crippen molar-refractivity contribution in [1.29, 1.82) is 0 Å². The standard InChI is InChI=1S/C15H18N2O3/c1-10(13-8-12(19-2)5-6-14(13)18)17-11-4-7-15(20-3)16-9-11/h4-10,17-18H,1-3H3. The first kappa shape index (κ1) is 14.0. The molecule has 1 aromatic heterocycles. The highest BCUT2D eigenvalue weighted by molar-refractivity contribution is 5.48.